The van der Waals surface area contributed by atoms with E-state index in [2.05, 4.69) is 47.8 Å². The highest BCUT2D eigenvalue weighted by molar-refractivity contribution is 9.12. The normalized spacial score (nSPS) is 25.2. The molecule has 0 radical (unpaired) electrons. The van der Waals surface area contributed by atoms with Crippen molar-refractivity contribution in [2.45, 2.75) is 16.1 Å². The van der Waals surface area contributed by atoms with Crippen molar-refractivity contribution in [3.63, 3.8) is 0 Å². The summed E-state index contributed by atoms with van der Waals surface area (Å²) in [6.45, 7) is -0.598. The Morgan fingerprint density at radius 2 is 1.34 bits per heavy atom. The van der Waals surface area contributed by atoms with E-state index in [0.29, 0.717) is 12.0 Å². The lowest BCUT2D eigenvalue weighted by Gasteiger charge is -2.31. The van der Waals surface area contributed by atoms with Crippen LogP contribution in [0, 0.1) is 23.7 Å². The summed E-state index contributed by atoms with van der Waals surface area (Å²) in [5.74, 6) is -4.02. The van der Waals surface area contributed by atoms with Gasteiger partial charge >= 0.3 is 5.97 Å². The van der Waals surface area contributed by atoms with E-state index in [1.807, 2.05) is 0 Å². The number of hydrazine groups is 1. The van der Waals surface area contributed by atoms with Gasteiger partial charge in [0.05, 0.1) is 27.4 Å². The van der Waals surface area contributed by atoms with Crippen molar-refractivity contribution in [3.8, 4) is 5.75 Å². The molecule has 2 aliphatic carbocycles. The molecule has 2 saturated carbocycles. The van der Waals surface area contributed by atoms with Crippen molar-refractivity contribution in [1.29, 1.82) is 0 Å². The predicted molar refractivity (Wildman–Crippen MR) is 173 cm³/mol. The quantitative estimate of drug-likeness (QED) is 0.0838. The van der Waals surface area contributed by atoms with Crippen LogP contribution in [0.1, 0.15) is 37.5 Å². The Bertz CT molecular complexity index is 1670. The van der Waals surface area contributed by atoms with Crippen LogP contribution in [0.2, 0.25) is 10.0 Å². The Balaban J connectivity index is 1.26. The molecule has 0 N–H and O–H groups in total. The van der Waals surface area contributed by atoms with E-state index in [9.17, 15) is 24.0 Å². The topological polar surface area (TPSA) is 101 Å². The molecule has 0 aromatic heterocycles. The van der Waals surface area contributed by atoms with E-state index in [0.717, 1.165) is 14.5 Å². The van der Waals surface area contributed by atoms with Crippen LogP contribution in [-0.4, -0.2) is 55.7 Å². The van der Waals surface area contributed by atoms with Gasteiger partial charge in [0.15, 0.2) is 5.78 Å². The second kappa shape index (κ2) is 12.3. The SMILES string of the molecule is O=C(CN(C(=O)c1ccc(Cl)c(Cl)c1)N1C(=O)[C@@H]2[C@H]3C[C@@H]([C@H](Br)[C@H]3Br)[C@@H]2C1=O)c1ccc(OC(=O)c2ccc(Br)cc2)cc1. The molecular formula is C31H21Br3Cl2N2O6. The molecule has 3 aromatic carbocycles. The zero-order chi connectivity index (χ0) is 31.4. The van der Waals surface area contributed by atoms with Crippen LogP contribution in [0.15, 0.2) is 71.2 Å². The molecule has 44 heavy (non-hydrogen) atoms. The van der Waals surface area contributed by atoms with Gasteiger partial charge in [0, 0.05) is 25.3 Å². The lowest BCUT2D eigenvalue weighted by atomic mass is 9.81. The number of esters is 1. The number of alkyl halides is 2. The molecule has 13 heteroatoms. The lowest BCUT2D eigenvalue weighted by Crippen LogP contribution is -2.52. The van der Waals surface area contributed by atoms with E-state index >= 15 is 0 Å². The van der Waals surface area contributed by atoms with Gasteiger partial charge in [-0.1, -0.05) is 71.0 Å². The standard InChI is InChI=1S/C31H21Br3Cl2N2O6/c32-17-6-1-15(2-7-17)31(43)44-18-8-3-14(4-9-18)23(39)13-37(28(40)16-5-10-21(35)22(36)11-16)38-29(41)24-19-12-20(25(24)30(38)42)27(34)26(19)33/h1-11,19-20,24-27H,12-13H2/t19-,20-,24-,25+,26+,27+/m1/s1. The number of fused-ring (bicyclic) bond motifs is 5. The molecule has 3 amide bonds. The summed E-state index contributed by atoms with van der Waals surface area (Å²) in [6.07, 6.45) is 0.713. The van der Waals surface area contributed by atoms with Crippen molar-refractivity contribution in [2.75, 3.05) is 6.54 Å². The van der Waals surface area contributed by atoms with Crippen molar-refractivity contribution in [3.05, 3.63) is 97.9 Å². The Hall–Kier alpha value is -2.57. The van der Waals surface area contributed by atoms with Crippen molar-refractivity contribution >= 4 is 100 Å². The van der Waals surface area contributed by atoms with Crippen LogP contribution in [0.5, 0.6) is 5.75 Å². The van der Waals surface area contributed by atoms with Gasteiger partial charge in [-0.2, -0.15) is 5.01 Å². The number of amides is 3. The number of carbonyl (C=O) groups is 5. The number of hydrogen-bond acceptors (Lipinski definition) is 6. The van der Waals surface area contributed by atoms with Gasteiger partial charge in [-0.15, -0.1) is 0 Å². The molecule has 1 aliphatic heterocycles. The second-order valence-corrected chi connectivity index (χ2v) is 14.7. The molecule has 0 spiro atoms. The van der Waals surface area contributed by atoms with Crippen LogP contribution in [0.25, 0.3) is 0 Å². The molecule has 3 aliphatic rings. The van der Waals surface area contributed by atoms with Crippen LogP contribution >= 0.6 is 71.0 Å². The maximum atomic E-state index is 13.9. The minimum absolute atomic E-state index is 0.00249. The van der Waals surface area contributed by atoms with E-state index in [1.165, 1.54) is 42.5 Å². The summed E-state index contributed by atoms with van der Waals surface area (Å²) >= 11 is 22.9. The molecule has 6 atom stereocenters. The van der Waals surface area contributed by atoms with Crippen molar-refractivity contribution in [2.24, 2.45) is 23.7 Å². The summed E-state index contributed by atoms with van der Waals surface area (Å²) in [5.41, 5.74) is 0.584. The molecule has 226 valence electrons. The molecule has 2 bridgehead atoms. The number of benzene rings is 3. The van der Waals surface area contributed by atoms with E-state index in [-0.39, 0.29) is 48.4 Å². The third kappa shape index (κ3) is 5.55. The number of hydrogen-bond donors (Lipinski definition) is 0. The third-order valence-electron chi connectivity index (χ3n) is 8.37. The van der Waals surface area contributed by atoms with Crippen LogP contribution in [-0.2, 0) is 9.59 Å². The predicted octanol–water partition coefficient (Wildman–Crippen LogP) is 6.99. The molecule has 1 heterocycles. The third-order valence-corrected chi connectivity index (χ3v) is 12.8. The fraction of sp³-hybridized carbons (Fsp3) is 0.258. The number of ketones is 1. The van der Waals surface area contributed by atoms with Crippen LogP contribution < -0.4 is 4.74 Å². The fourth-order valence-electron chi connectivity index (χ4n) is 6.27. The monoisotopic (exact) mass is 824 g/mol. The van der Waals surface area contributed by atoms with E-state index in [4.69, 9.17) is 27.9 Å². The average Bonchev–Trinajstić information content (AvgIpc) is 3.62. The summed E-state index contributed by atoms with van der Waals surface area (Å²) in [6, 6.07) is 16.6. The van der Waals surface area contributed by atoms with E-state index < -0.39 is 47.9 Å². The van der Waals surface area contributed by atoms with Gasteiger partial charge in [-0.25, -0.2) is 9.80 Å². The average molecular weight is 828 g/mol. The first-order chi connectivity index (χ1) is 21.0. The number of ether oxygens (including phenoxy) is 1. The first kappa shape index (κ1) is 31.4. The van der Waals surface area contributed by atoms with Gasteiger partial charge in [0.2, 0.25) is 0 Å². The summed E-state index contributed by atoms with van der Waals surface area (Å²) in [4.78, 5) is 67.5. The number of imide groups is 1. The van der Waals surface area contributed by atoms with E-state index in [1.54, 1.807) is 24.3 Å². The lowest BCUT2D eigenvalue weighted by molar-refractivity contribution is -0.154. The molecule has 0 unspecified atom stereocenters. The number of halogens is 5. The second-order valence-electron chi connectivity index (χ2n) is 10.8. The zero-order valence-electron chi connectivity index (χ0n) is 22.5. The van der Waals surface area contributed by atoms with Crippen LogP contribution in [0.4, 0.5) is 0 Å². The van der Waals surface area contributed by atoms with Gasteiger partial charge in [-0.3, -0.25) is 19.2 Å². The van der Waals surface area contributed by atoms with Crippen LogP contribution in [0.3, 0.4) is 0 Å². The first-order valence-electron chi connectivity index (χ1n) is 13.5. The van der Waals surface area contributed by atoms with Gasteiger partial charge in [0.1, 0.15) is 12.3 Å². The van der Waals surface area contributed by atoms with Gasteiger partial charge < -0.3 is 4.74 Å². The Morgan fingerprint density at radius 3 is 1.91 bits per heavy atom. The number of Topliss-reactive ketones (excluding diaryl/α,β-unsaturated/α-hetero) is 1. The minimum atomic E-state index is -0.753. The molecule has 8 nitrogen and oxygen atoms in total. The molecular weight excluding hydrogens is 807 g/mol. The molecule has 1 saturated heterocycles. The maximum Gasteiger partial charge on any atom is 0.343 e. The fourth-order valence-corrected chi connectivity index (χ4v) is 8.71. The van der Waals surface area contributed by atoms with Gasteiger partial charge in [0.25, 0.3) is 17.7 Å². The smallest absolute Gasteiger partial charge is 0.343 e. The van der Waals surface area contributed by atoms with Crippen molar-refractivity contribution < 1.29 is 28.7 Å². The highest BCUT2D eigenvalue weighted by atomic mass is 79.9. The zero-order valence-corrected chi connectivity index (χ0v) is 28.7. The Kier molecular flexibility index (Phi) is 8.80. The minimum Gasteiger partial charge on any atom is -0.423 e. The highest BCUT2D eigenvalue weighted by Crippen LogP contribution is 2.60. The maximum absolute atomic E-state index is 13.9. The Labute approximate surface area is 287 Å². The Morgan fingerprint density at radius 1 is 0.795 bits per heavy atom. The molecule has 3 fully saturated rings. The number of nitrogens with zero attached hydrogens (tertiary/aromatic N) is 2. The largest absolute Gasteiger partial charge is 0.423 e. The number of rotatable bonds is 7. The molecule has 6 rings (SSSR count). The molecule has 3 aromatic rings. The first-order valence-corrected chi connectivity index (χ1v) is 16.9. The van der Waals surface area contributed by atoms with Gasteiger partial charge in [-0.05, 0) is 85.0 Å². The van der Waals surface area contributed by atoms with Crippen molar-refractivity contribution in [1.82, 2.24) is 10.0 Å². The summed E-state index contributed by atoms with van der Waals surface area (Å²) in [7, 11) is 0. The summed E-state index contributed by atoms with van der Waals surface area (Å²) in [5, 5.41) is 2.07. The summed E-state index contributed by atoms with van der Waals surface area (Å²) < 4.78 is 6.23. The number of carbonyl (C=O) groups excluding carboxylic acids is 5. The highest BCUT2D eigenvalue weighted by Gasteiger charge is 2.67.